The number of fused-ring (bicyclic) bond motifs is 4. The van der Waals surface area contributed by atoms with Gasteiger partial charge in [-0.1, -0.05) is 114 Å². The smallest absolute Gasteiger partial charge is 0.200 e. The van der Waals surface area contributed by atoms with E-state index < -0.39 is 0 Å². The van der Waals surface area contributed by atoms with Crippen molar-refractivity contribution in [3.63, 3.8) is 0 Å². The van der Waals surface area contributed by atoms with E-state index in [0.29, 0.717) is 0 Å². The summed E-state index contributed by atoms with van der Waals surface area (Å²) in [6.07, 6.45) is 2.21. The van der Waals surface area contributed by atoms with Crippen LogP contribution in [0.1, 0.15) is 50.1 Å². The average Bonchev–Trinajstić information content (AvgIpc) is 3.44. The number of benzene rings is 8. The fraction of sp³-hybridized carbons (Fsp3) is 0.178. The van der Waals surface area contributed by atoms with E-state index >= 15 is 0 Å². The maximum atomic E-state index is 2.29. The van der Waals surface area contributed by atoms with E-state index in [1.165, 1.54) is 139 Å². The number of aromatic nitrogens is 4. The normalized spacial score (nSPS) is 10.9. The van der Waals surface area contributed by atoms with Crippen molar-refractivity contribution in [2.75, 3.05) is 0 Å². The molecule has 77 heavy (non-hydrogen) atoms. The summed E-state index contributed by atoms with van der Waals surface area (Å²) in [7, 11) is 8.54. The van der Waals surface area contributed by atoms with Crippen LogP contribution in [0.15, 0.2) is 212 Å². The molecule has 0 aliphatic heterocycles. The highest BCUT2D eigenvalue weighted by Crippen LogP contribution is 2.29. The predicted molar refractivity (Wildman–Crippen MR) is 325 cm³/mol. The second-order valence-corrected chi connectivity index (χ2v) is 21.0. The Hall–Kier alpha value is -8.60. The lowest BCUT2D eigenvalue weighted by molar-refractivity contribution is -0.659. The topological polar surface area (TPSA) is 15.5 Å². The average molecular weight is 1010 g/mol. The van der Waals surface area contributed by atoms with E-state index in [1.807, 2.05) is 0 Å². The fourth-order valence-corrected chi connectivity index (χ4v) is 11.0. The summed E-state index contributed by atoms with van der Waals surface area (Å²) in [6.45, 7) is 19.6. The Bertz CT molecular complexity index is 4080. The minimum absolute atomic E-state index is 1.26. The lowest BCUT2D eigenvalue weighted by Crippen LogP contribution is -2.32. The van der Waals surface area contributed by atoms with Crippen LogP contribution >= 0.6 is 0 Å². The van der Waals surface area contributed by atoms with Crippen LogP contribution in [0.5, 0.6) is 0 Å². The van der Waals surface area contributed by atoms with Crippen LogP contribution in [-0.4, -0.2) is 0 Å². The molecular weight excluding hydrogens is 933 g/mol. The maximum absolute atomic E-state index is 2.29. The molecular formula is C73H74N4+4. The van der Waals surface area contributed by atoms with Gasteiger partial charge in [0.05, 0.1) is 0 Å². The first-order valence-corrected chi connectivity index (χ1v) is 26.9. The van der Waals surface area contributed by atoms with Crippen LogP contribution in [0.3, 0.4) is 0 Å². The zero-order chi connectivity index (χ0) is 54.5. The third-order valence-corrected chi connectivity index (χ3v) is 15.5. The SMILES string of the molecule is Cc1cc(C)c(C)c(-c2cc3ccccc3c[n+]2C)c1.Cc1cc(C)c(C)c(-c2ccc3ccccc3[n+]2C)c1.Cc1ccc(-c2ccc3ccccc3[n+]2C)c(C)c1.Cc1ccccc1-c1ccc2ccccc2[n+]1C. The monoisotopic (exact) mass is 1010 g/mol. The van der Waals surface area contributed by atoms with E-state index in [-0.39, 0.29) is 0 Å². The van der Waals surface area contributed by atoms with Gasteiger partial charge in [0, 0.05) is 86.3 Å². The van der Waals surface area contributed by atoms with Gasteiger partial charge in [-0.05, 0) is 168 Å². The molecule has 4 nitrogen and oxygen atoms in total. The highest BCUT2D eigenvalue weighted by molar-refractivity contribution is 5.85. The Balaban J connectivity index is 0.000000125. The standard InChI is InChI=1S/2C19H20N.C18H18N.C17H16N/c1-13-9-14(2)15(3)18(10-13)19-11-16-7-5-6-8-17(16)12-20(19)4;1-13-11-14(2)15(3)17(12-13)19-10-9-16-7-5-6-8-18(16)20(19)4;1-13-8-10-16(14(2)12-13)18-11-9-15-6-4-5-7-17(15)19(18)3;1-13-7-3-5-9-15(13)17-12-11-14-8-4-6-10-16(14)18(17)2/h2*5-12H,1-4H3;4-12H,1-3H3;3-12H,1-2H3/q4*+1. The van der Waals surface area contributed by atoms with Gasteiger partial charge in [0.2, 0.25) is 39.3 Å². The highest BCUT2D eigenvalue weighted by atomic mass is 14.9. The van der Waals surface area contributed by atoms with E-state index in [1.54, 1.807) is 0 Å². The summed E-state index contributed by atoms with van der Waals surface area (Å²) in [5, 5.41) is 6.40. The van der Waals surface area contributed by atoms with Crippen LogP contribution in [-0.2, 0) is 28.2 Å². The number of para-hydroxylation sites is 3. The summed E-state index contributed by atoms with van der Waals surface area (Å²) in [6, 6.07) is 73.8. The largest absolute Gasteiger partial charge is 0.213 e. The molecule has 0 radical (unpaired) electrons. The molecule has 0 atom stereocenters. The fourth-order valence-electron chi connectivity index (χ4n) is 11.0. The molecule has 4 heteroatoms. The highest BCUT2D eigenvalue weighted by Gasteiger charge is 2.19. The number of hydrogen-bond acceptors (Lipinski definition) is 0. The lowest BCUT2D eigenvalue weighted by Gasteiger charge is -2.10. The van der Waals surface area contributed by atoms with Crippen molar-refractivity contribution < 1.29 is 18.3 Å². The predicted octanol–water partition coefficient (Wildman–Crippen LogP) is 16.1. The summed E-state index contributed by atoms with van der Waals surface area (Å²) in [5.41, 5.74) is 26.1. The van der Waals surface area contributed by atoms with Gasteiger partial charge < -0.3 is 0 Å². The minimum Gasteiger partial charge on any atom is -0.200 e. The van der Waals surface area contributed by atoms with Gasteiger partial charge >= 0.3 is 0 Å². The van der Waals surface area contributed by atoms with Crippen molar-refractivity contribution in [2.45, 2.75) is 62.3 Å². The van der Waals surface area contributed by atoms with Crippen LogP contribution in [0.4, 0.5) is 0 Å². The molecule has 0 aliphatic carbocycles. The first-order valence-electron chi connectivity index (χ1n) is 26.9. The molecule has 4 aromatic heterocycles. The van der Waals surface area contributed by atoms with Crippen LogP contribution in [0, 0.1) is 62.3 Å². The van der Waals surface area contributed by atoms with Gasteiger partial charge in [-0.25, -0.2) is 4.57 Å². The molecule has 8 aromatic carbocycles. The molecule has 0 saturated carbocycles. The second kappa shape index (κ2) is 23.1. The van der Waals surface area contributed by atoms with Gasteiger partial charge in [0.1, 0.15) is 28.2 Å². The van der Waals surface area contributed by atoms with Crippen molar-refractivity contribution >= 4 is 43.5 Å². The van der Waals surface area contributed by atoms with E-state index in [9.17, 15) is 0 Å². The van der Waals surface area contributed by atoms with Crippen molar-refractivity contribution in [3.05, 3.63) is 263 Å². The molecule has 0 spiro atoms. The molecule has 0 bridgehead atoms. The molecule has 0 aliphatic rings. The summed E-state index contributed by atoms with van der Waals surface area (Å²) in [4.78, 5) is 0. The molecule has 4 heterocycles. The Morgan fingerprint density at radius 1 is 0.247 bits per heavy atom. The number of aryl methyl sites for hydroxylation is 11. The van der Waals surface area contributed by atoms with Crippen LogP contribution in [0.25, 0.3) is 88.5 Å². The molecule has 0 amide bonds. The van der Waals surface area contributed by atoms with Gasteiger partial charge in [0.15, 0.2) is 6.20 Å². The van der Waals surface area contributed by atoms with E-state index in [4.69, 9.17) is 0 Å². The molecule has 0 N–H and O–H groups in total. The zero-order valence-electron chi connectivity index (χ0n) is 47.5. The van der Waals surface area contributed by atoms with Crippen LogP contribution in [0.2, 0.25) is 0 Å². The third kappa shape index (κ3) is 11.5. The van der Waals surface area contributed by atoms with Crippen molar-refractivity contribution in [2.24, 2.45) is 28.2 Å². The molecule has 12 rings (SSSR count). The third-order valence-electron chi connectivity index (χ3n) is 15.5. The number of rotatable bonds is 4. The van der Waals surface area contributed by atoms with Gasteiger partial charge in [0.25, 0.3) is 0 Å². The quantitative estimate of drug-likeness (QED) is 0.156. The Morgan fingerprint density at radius 3 is 1.09 bits per heavy atom. The lowest BCUT2D eigenvalue weighted by atomic mass is 9.96. The molecule has 0 fully saturated rings. The van der Waals surface area contributed by atoms with Crippen molar-refractivity contribution in [3.8, 4) is 45.0 Å². The van der Waals surface area contributed by atoms with Crippen molar-refractivity contribution in [1.29, 1.82) is 0 Å². The summed E-state index contributed by atoms with van der Waals surface area (Å²) in [5.74, 6) is 0. The Labute approximate surface area is 457 Å². The Kier molecular flexibility index (Phi) is 16.0. The minimum atomic E-state index is 1.26. The zero-order valence-corrected chi connectivity index (χ0v) is 47.5. The number of nitrogens with zero attached hydrogens (tertiary/aromatic N) is 4. The van der Waals surface area contributed by atoms with Crippen molar-refractivity contribution in [1.82, 2.24) is 0 Å². The first-order chi connectivity index (χ1) is 37.1. The number of hydrogen-bond donors (Lipinski definition) is 0. The molecule has 382 valence electrons. The van der Waals surface area contributed by atoms with E-state index in [2.05, 4.69) is 321 Å². The summed E-state index contributed by atoms with van der Waals surface area (Å²) < 4.78 is 9.05. The molecule has 12 aromatic rings. The molecule has 0 unspecified atom stereocenters. The molecule has 0 saturated heterocycles. The maximum Gasteiger partial charge on any atom is 0.213 e. The van der Waals surface area contributed by atoms with Gasteiger partial charge in [-0.3, -0.25) is 0 Å². The van der Waals surface area contributed by atoms with E-state index in [0.717, 1.165) is 0 Å². The van der Waals surface area contributed by atoms with Gasteiger partial charge in [-0.2, -0.15) is 13.7 Å². The second-order valence-electron chi connectivity index (χ2n) is 21.0. The van der Waals surface area contributed by atoms with Gasteiger partial charge in [-0.15, -0.1) is 0 Å². The Morgan fingerprint density at radius 2 is 0.623 bits per heavy atom. The number of pyridine rings is 4. The summed E-state index contributed by atoms with van der Waals surface area (Å²) >= 11 is 0. The first kappa shape index (κ1) is 53.2. The van der Waals surface area contributed by atoms with Crippen LogP contribution < -0.4 is 18.3 Å².